The molecule has 1 N–H and O–H groups in total. The summed E-state index contributed by atoms with van der Waals surface area (Å²) < 4.78 is 5.48. The Kier molecular flexibility index (Phi) is 3.15. The van der Waals surface area contributed by atoms with Gasteiger partial charge in [-0.05, 0) is 43.0 Å². The largest absolute Gasteiger partial charge is 0.490 e. The van der Waals surface area contributed by atoms with Crippen LogP contribution in [0.15, 0.2) is 30.0 Å². The predicted octanol–water partition coefficient (Wildman–Crippen LogP) is 2.21. The van der Waals surface area contributed by atoms with Gasteiger partial charge in [-0.3, -0.25) is 4.79 Å². The van der Waals surface area contributed by atoms with E-state index in [-0.39, 0.29) is 5.78 Å². The van der Waals surface area contributed by atoms with Crippen molar-refractivity contribution in [2.75, 3.05) is 13.2 Å². The van der Waals surface area contributed by atoms with Crippen molar-refractivity contribution in [3.05, 3.63) is 46.7 Å². The molecular weight excluding hydrogens is 226 g/mol. The average Bonchev–Trinajstić information content (AvgIpc) is 2.47. The van der Waals surface area contributed by atoms with Crippen LogP contribution in [0.1, 0.15) is 34.3 Å². The van der Waals surface area contributed by atoms with E-state index in [0.29, 0.717) is 12.4 Å². The Morgan fingerprint density at radius 1 is 1.33 bits per heavy atom. The zero-order chi connectivity index (χ0) is 12.4. The Morgan fingerprint density at radius 3 is 3.11 bits per heavy atom. The monoisotopic (exact) mass is 243 g/mol. The number of benzene rings is 1. The van der Waals surface area contributed by atoms with Crippen molar-refractivity contribution in [1.29, 1.82) is 0 Å². The first-order chi connectivity index (χ1) is 8.86. The fraction of sp³-hybridized carbons (Fsp3) is 0.400. The summed E-state index contributed by atoms with van der Waals surface area (Å²) >= 11 is 0. The maximum Gasteiger partial charge on any atom is 0.227 e. The van der Waals surface area contributed by atoms with E-state index in [4.69, 9.17) is 4.74 Å². The number of allylic oxidation sites excluding steroid dienone is 2. The molecule has 1 aromatic rings. The van der Waals surface area contributed by atoms with Crippen molar-refractivity contribution in [3.8, 4) is 0 Å². The highest BCUT2D eigenvalue weighted by atomic mass is 16.5. The zero-order valence-electron chi connectivity index (χ0n) is 10.4. The molecule has 1 aromatic carbocycles. The molecule has 0 bridgehead atoms. The fourth-order valence-electron chi connectivity index (χ4n) is 2.59. The van der Waals surface area contributed by atoms with Crippen LogP contribution in [-0.2, 0) is 17.7 Å². The lowest BCUT2D eigenvalue weighted by Gasteiger charge is -2.21. The lowest BCUT2D eigenvalue weighted by Crippen LogP contribution is -2.26. The molecule has 2 heterocycles. The Balaban J connectivity index is 1.96. The molecule has 0 unspecified atom stereocenters. The molecule has 0 radical (unpaired) electrons. The number of carbonyl (C=O) groups is 1. The molecule has 3 heteroatoms. The summed E-state index contributed by atoms with van der Waals surface area (Å²) in [4.78, 5) is 12.5. The highest BCUT2D eigenvalue weighted by Crippen LogP contribution is 2.23. The van der Waals surface area contributed by atoms with E-state index in [0.717, 1.165) is 37.9 Å². The molecule has 0 saturated heterocycles. The number of Topliss-reactive ketones (excluding diaryl/α,β-unsaturated/α-hetero) is 1. The van der Waals surface area contributed by atoms with Gasteiger partial charge in [0.25, 0.3) is 0 Å². The minimum atomic E-state index is 0.0495. The van der Waals surface area contributed by atoms with Crippen LogP contribution >= 0.6 is 0 Å². The molecule has 18 heavy (non-hydrogen) atoms. The van der Waals surface area contributed by atoms with Gasteiger partial charge in [-0.15, -0.1) is 0 Å². The third-order valence-electron chi connectivity index (χ3n) is 3.54. The van der Waals surface area contributed by atoms with Crippen LogP contribution in [0.5, 0.6) is 0 Å². The molecule has 3 nitrogen and oxygen atoms in total. The molecule has 0 amide bonds. The van der Waals surface area contributed by atoms with Crippen LogP contribution in [0.3, 0.4) is 0 Å². The highest BCUT2D eigenvalue weighted by Gasteiger charge is 2.21. The second-order valence-electron chi connectivity index (χ2n) is 4.76. The van der Waals surface area contributed by atoms with Crippen LogP contribution in [0, 0.1) is 0 Å². The molecule has 2 aliphatic heterocycles. The Labute approximate surface area is 107 Å². The van der Waals surface area contributed by atoms with Gasteiger partial charge in [0.2, 0.25) is 5.78 Å². The Bertz CT molecular complexity index is 505. The molecule has 0 saturated carbocycles. The van der Waals surface area contributed by atoms with Crippen LogP contribution in [-0.4, -0.2) is 18.9 Å². The Morgan fingerprint density at radius 2 is 2.28 bits per heavy atom. The van der Waals surface area contributed by atoms with E-state index in [9.17, 15) is 4.79 Å². The van der Waals surface area contributed by atoms with E-state index >= 15 is 0 Å². The zero-order valence-corrected chi connectivity index (χ0v) is 10.4. The fourth-order valence-corrected chi connectivity index (χ4v) is 2.59. The minimum Gasteiger partial charge on any atom is -0.490 e. The van der Waals surface area contributed by atoms with Gasteiger partial charge in [-0.2, -0.15) is 0 Å². The summed E-state index contributed by atoms with van der Waals surface area (Å²) in [5.41, 5.74) is 3.25. The standard InChI is InChI=1S/C15H17NO2/c17-15(14-6-1-2-9-18-14)13-5-3-4-11-10-16-8-7-12(11)13/h3-6,16H,1-2,7-10H2. The predicted molar refractivity (Wildman–Crippen MR) is 69.5 cm³/mol. The van der Waals surface area contributed by atoms with E-state index in [1.807, 2.05) is 18.2 Å². The first-order valence-electron chi connectivity index (χ1n) is 6.55. The quantitative estimate of drug-likeness (QED) is 0.809. The van der Waals surface area contributed by atoms with Crippen molar-refractivity contribution < 1.29 is 9.53 Å². The van der Waals surface area contributed by atoms with Gasteiger partial charge in [0.1, 0.15) is 0 Å². The maximum atomic E-state index is 12.5. The van der Waals surface area contributed by atoms with Gasteiger partial charge in [-0.1, -0.05) is 18.2 Å². The minimum absolute atomic E-state index is 0.0495. The maximum absolute atomic E-state index is 12.5. The van der Waals surface area contributed by atoms with Gasteiger partial charge in [0.05, 0.1) is 6.61 Å². The third-order valence-corrected chi connectivity index (χ3v) is 3.54. The lowest BCUT2D eigenvalue weighted by molar-refractivity contribution is 0.0898. The number of fused-ring (bicyclic) bond motifs is 1. The number of ketones is 1. The number of hydrogen-bond acceptors (Lipinski definition) is 3. The summed E-state index contributed by atoms with van der Waals surface area (Å²) in [7, 11) is 0. The summed E-state index contributed by atoms with van der Waals surface area (Å²) in [5, 5.41) is 3.33. The molecular formula is C15H17NO2. The van der Waals surface area contributed by atoms with Crippen LogP contribution in [0.2, 0.25) is 0 Å². The topological polar surface area (TPSA) is 38.3 Å². The molecule has 0 aliphatic carbocycles. The summed E-state index contributed by atoms with van der Waals surface area (Å²) in [5.74, 6) is 0.585. The van der Waals surface area contributed by atoms with Crippen LogP contribution < -0.4 is 5.32 Å². The van der Waals surface area contributed by atoms with Crippen LogP contribution in [0.4, 0.5) is 0 Å². The molecule has 0 spiro atoms. The highest BCUT2D eigenvalue weighted by molar-refractivity contribution is 6.08. The molecule has 2 aliphatic rings. The number of hydrogen-bond donors (Lipinski definition) is 1. The number of nitrogens with one attached hydrogen (secondary N) is 1. The van der Waals surface area contributed by atoms with Crippen molar-refractivity contribution >= 4 is 5.78 Å². The van der Waals surface area contributed by atoms with Crippen molar-refractivity contribution in [2.45, 2.75) is 25.8 Å². The van der Waals surface area contributed by atoms with Gasteiger partial charge in [0, 0.05) is 12.1 Å². The second kappa shape index (κ2) is 4.94. The van der Waals surface area contributed by atoms with Crippen molar-refractivity contribution in [3.63, 3.8) is 0 Å². The van der Waals surface area contributed by atoms with Crippen molar-refractivity contribution in [2.24, 2.45) is 0 Å². The van der Waals surface area contributed by atoms with E-state index in [2.05, 4.69) is 11.4 Å². The summed E-state index contributed by atoms with van der Waals surface area (Å²) in [6.45, 7) is 2.46. The van der Waals surface area contributed by atoms with Gasteiger partial charge >= 0.3 is 0 Å². The lowest BCUT2D eigenvalue weighted by atomic mass is 9.92. The summed E-state index contributed by atoms with van der Waals surface area (Å²) in [6, 6.07) is 5.97. The molecule has 94 valence electrons. The molecule has 3 rings (SSSR count). The number of rotatable bonds is 2. The Hall–Kier alpha value is -1.61. The third kappa shape index (κ3) is 2.06. The average molecular weight is 243 g/mol. The molecule has 0 aromatic heterocycles. The van der Waals surface area contributed by atoms with E-state index < -0.39 is 0 Å². The van der Waals surface area contributed by atoms with Gasteiger partial charge in [-0.25, -0.2) is 0 Å². The van der Waals surface area contributed by atoms with Gasteiger partial charge < -0.3 is 10.1 Å². The number of ether oxygens (including phenoxy) is 1. The first kappa shape index (κ1) is 11.5. The number of carbonyl (C=O) groups excluding carboxylic acids is 1. The molecule has 0 fully saturated rings. The normalized spacial score (nSPS) is 18.6. The molecule has 0 atom stereocenters. The van der Waals surface area contributed by atoms with Crippen molar-refractivity contribution in [1.82, 2.24) is 5.32 Å². The smallest absolute Gasteiger partial charge is 0.227 e. The SMILES string of the molecule is O=C(C1=CCCCO1)c1cccc2c1CCNC2. The first-order valence-corrected chi connectivity index (χ1v) is 6.55. The second-order valence-corrected chi connectivity index (χ2v) is 4.76. The summed E-state index contributed by atoms with van der Waals surface area (Å²) in [6.07, 6.45) is 4.79. The van der Waals surface area contributed by atoms with Gasteiger partial charge in [0.15, 0.2) is 5.76 Å². The van der Waals surface area contributed by atoms with Crippen LogP contribution in [0.25, 0.3) is 0 Å². The van der Waals surface area contributed by atoms with E-state index in [1.165, 1.54) is 11.1 Å². The van der Waals surface area contributed by atoms with E-state index in [1.54, 1.807) is 0 Å².